The molecule has 30 heavy (non-hydrogen) atoms. The van der Waals surface area contributed by atoms with E-state index in [1.165, 1.54) is 11.1 Å². The van der Waals surface area contributed by atoms with Crippen LogP contribution in [0, 0.1) is 20.8 Å². The van der Waals surface area contributed by atoms with E-state index >= 15 is 0 Å². The molecule has 0 radical (unpaired) electrons. The van der Waals surface area contributed by atoms with Crippen LogP contribution in [0.1, 0.15) is 69.1 Å². The predicted octanol–water partition coefficient (Wildman–Crippen LogP) is 5.07. The number of carbonyl (C=O) groups is 2. The third kappa shape index (κ3) is 5.58. The molecule has 2 N–H and O–H groups in total. The first-order chi connectivity index (χ1) is 14.2. The van der Waals surface area contributed by atoms with E-state index in [9.17, 15) is 9.59 Å². The molecule has 2 aromatic rings. The van der Waals surface area contributed by atoms with Gasteiger partial charge in [0.1, 0.15) is 9.88 Å². The van der Waals surface area contributed by atoms with Gasteiger partial charge in [0.25, 0.3) is 0 Å². The van der Waals surface area contributed by atoms with Gasteiger partial charge < -0.3 is 20.1 Å². The molecule has 1 atom stereocenters. The Hall–Kier alpha value is -2.45. The Bertz CT molecular complexity index is 953. The highest BCUT2D eigenvalue weighted by molar-refractivity contribution is 7.80. The molecule has 162 valence electrons. The zero-order valence-electron chi connectivity index (χ0n) is 18.2. The zero-order chi connectivity index (χ0) is 22.4. The van der Waals surface area contributed by atoms with E-state index in [1.807, 2.05) is 6.92 Å². The van der Waals surface area contributed by atoms with Crippen LogP contribution >= 0.6 is 23.6 Å². The molecule has 1 aromatic carbocycles. The van der Waals surface area contributed by atoms with E-state index in [-0.39, 0.29) is 19.3 Å². The second-order valence-electron chi connectivity index (χ2n) is 6.88. The highest BCUT2D eigenvalue weighted by atomic mass is 32.1. The van der Waals surface area contributed by atoms with Crippen molar-refractivity contribution in [2.75, 3.05) is 18.5 Å². The van der Waals surface area contributed by atoms with E-state index in [4.69, 9.17) is 21.7 Å². The molecule has 6 nitrogen and oxygen atoms in total. The number of ether oxygens (including phenoxy) is 2. The molecule has 1 aromatic heterocycles. The normalized spacial score (nSPS) is 11.5. The quantitative estimate of drug-likeness (QED) is 0.452. The Morgan fingerprint density at radius 1 is 1.10 bits per heavy atom. The second-order valence-corrected chi connectivity index (χ2v) is 8.31. The van der Waals surface area contributed by atoms with Crippen LogP contribution in [0.25, 0.3) is 0 Å². The minimum absolute atomic E-state index is 0.0396. The summed E-state index contributed by atoms with van der Waals surface area (Å²) in [6, 6.07) is 6.21. The van der Waals surface area contributed by atoms with Crippen LogP contribution in [0.3, 0.4) is 0 Å². The lowest BCUT2D eigenvalue weighted by molar-refractivity contribution is 0.0527. The molecular weight excluding hydrogens is 420 g/mol. The van der Waals surface area contributed by atoms with Gasteiger partial charge in [0.15, 0.2) is 5.11 Å². The van der Waals surface area contributed by atoms with E-state index in [0.717, 1.165) is 16.9 Å². The van der Waals surface area contributed by atoms with E-state index in [1.54, 1.807) is 20.8 Å². The smallest absolute Gasteiger partial charge is 0.348 e. The number of rotatable bonds is 7. The summed E-state index contributed by atoms with van der Waals surface area (Å²) in [5, 5.41) is 7.12. The summed E-state index contributed by atoms with van der Waals surface area (Å²) in [7, 11) is 0. The van der Waals surface area contributed by atoms with Crippen molar-refractivity contribution in [3.8, 4) is 0 Å². The molecule has 0 saturated heterocycles. The van der Waals surface area contributed by atoms with Gasteiger partial charge in [-0.05, 0) is 70.5 Å². The van der Waals surface area contributed by atoms with Gasteiger partial charge in [-0.1, -0.05) is 23.8 Å². The molecule has 0 aliphatic heterocycles. The number of hydrogen-bond donors (Lipinski definition) is 2. The number of anilines is 1. The average Bonchev–Trinajstić information content (AvgIpc) is 2.97. The van der Waals surface area contributed by atoms with Crippen molar-refractivity contribution in [2.24, 2.45) is 0 Å². The SMILES string of the molecule is CCOC(=O)c1sc(NC(=S)NC(C)c2ccc(C)cc2C)c(C(=O)OCC)c1C. The minimum atomic E-state index is -0.505. The molecule has 0 spiro atoms. The Morgan fingerprint density at radius 3 is 2.33 bits per heavy atom. The van der Waals surface area contributed by atoms with E-state index in [2.05, 4.69) is 42.7 Å². The van der Waals surface area contributed by atoms with Crippen LogP contribution in [-0.2, 0) is 9.47 Å². The summed E-state index contributed by atoms with van der Waals surface area (Å²) in [6.07, 6.45) is 0. The molecule has 0 aliphatic rings. The van der Waals surface area contributed by atoms with Gasteiger partial charge in [0.2, 0.25) is 0 Å². The van der Waals surface area contributed by atoms with Crippen molar-refractivity contribution in [3.63, 3.8) is 0 Å². The third-order valence-corrected chi connectivity index (χ3v) is 5.96. The van der Waals surface area contributed by atoms with Gasteiger partial charge in [-0.3, -0.25) is 0 Å². The Kier molecular flexibility index (Phi) is 8.37. The van der Waals surface area contributed by atoms with Crippen molar-refractivity contribution < 1.29 is 19.1 Å². The summed E-state index contributed by atoms with van der Waals surface area (Å²) >= 11 is 6.61. The monoisotopic (exact) mass is 448 g/mol. The molecule has 0 saturated carbocycles. The number of hydrogen-bond acceptors (Lipinski definition) is 6. The average molecular weight is 449 g/mol. The largest absolute Gasteiger partial charge is 0.462 e. The van der Waals surface area contributed by atoms with Crippen LogP contribution in [0.4, 0.5) is 5.00 Å². The zero-order valence-corrected chi connectivity index (χ0v) is 19.8. The molecule has 1 heterocycles. The number of benzene rings is 1. The molecular formula is C22H28N2O4S2. The van der Waals surface area contributed by atoms with Crippen LogP contribution in [0.15, 0.2) is 18.2 Å². The highest BCUT2D eigenvalue weighted by Crippen LogP contribution is 2.34. The van der Waals surface area contributed by atoms with Gasteiger partial charge in [-0.25, -0.2) is 9.59 Å². The Morgan fingerprint density at radius 2 is 1.73 bits per heavy atom. The number of nitrogens with one attached hydrogen (secondary N) is 2. The number of esters is 2. The molecule has 0 amide bonds. The third-order valence-electron chi connectivity index (χ3n) is 4.55. The maximum atomic E-state index is 12.5. The highest BCUT2D eigenvalue weighted by Gasteiger charge is 2.27. The first-order valence-electron chi connectivity index (χ1n) is 9.81. The lowest BCUT2D eigenvalue weighted by atomic mass is 10.0. The summed E-state index contributed by atoms with van der Waals surface area (Å²) in [4.78, 5) is 25.1. The van der Waals surface area contributed by atoms with Gasteiger partial charge >= 0.3 is 11.9 Å². The van der Waals surface area contributed by atoms with E-state index < -0.39 is 11.9 Å². The fourth-order valence-electron chi connectivity index (χ4n) is 3.17. The molecule has 0 fully saturated rings. The van der Waals surface area contributed by atoms with Crippen molar-refractivity contribution in [1.29, 1.82) is 0 Å². The number of aryl methyl sites for hydroxylation is 2. The van der Waals surface area contributed by atoms with Crippen molar-refractivity contribution in [2.45, 2.75) is 47.6 Å². The Labute approximate surface area is 187 Å². The molecule has 2 rings (SSSR count). The summed E-state index contributed by atoms with van der Waals surface area (Å²) < 4.78 is 10.3. The summed E-state index contributed by atoms with van der Waals surface area (Å²) in [6.45, 7) is 11.8. The number of thiocarbonyl (C=S) groups is 1. The minimum Gasteiger partial charge on any atom is -0.462 e. The van der Waals surface area contributed by atoms with Gasteiger partial charge in [-0.15, -0.1) is 11.3 Å². The molecule has 0 aliphatic carbocycles. The van der Waals surface area contributed by atoms with Crippen LogP contribution in [0.5, 0.6) is 0 Å². The van der Waals surface area contributed by atoms with Crippen LogP contribution < -0.4 is 10.6 Å². The molecule has 1 unspecified atom stereocenters. The number of thiophene rings is 1. The van der Waals surface area contributed by atoms with E-state index in [0.29, 0.717) is 26.1 Å². The maximum absolute atomic E-state index is 12.5. The van der Waals surface area contributed by atoms with Gasteiger partial charge in [0, 0.05) is 0 Å². The van der Waals surface area contributed by atoms with Crippen LogP contribution in [-0.4, -0.2) is 30.3 Å². The molecule has 0 bridgehead atoms. The summed E-state index contributed by atoms with van der Waals surface area (Å²) in [5.41, 5.74) is 4.31. The molecule has 8 heteroatoms. The summed E-state index contributed by atoms with van der Waals surface area (Å²) in [5.74, 6) is -0.976. The first kappa shape index (κ1) is 23.8. The second kappa shape index (κ2) is 10.5. The topological polar surface area (TPSA) is 76.7 Å². The standard InChI is InChI=1S/C22H28N2O4S2/c1-7-27-20(25)17-14(5)18(21(26)28-8-2)30-19(17)24-22(29)23-15(6)16-10-9-12(3)11-13(16)4/h9-11,15H,7-8H2,1-6H3,(H2,23,24,29). The van der Waals surface area contributed by atoms with Crippen molar-refractivity contribution in [1.82, 2.24) is 5.32 Å². The fourth-order valence-corrected chi connectivity index (χ4v) is 4.60. The maximum Gasteiger partial charge on any atom is 0.348 e. The van der Waals surface area contributed by atoms with Crippen LogP contribution in [0.2, 0.25) is 0 Å². The lowest BCUT2D eigenvalue weighted by Gasteiger charge is -2.19. The van der Waals surface area contributed by atoms with Crippen molar-refractivity contribution >= 4 is 45.6 Å². The fraction of sp³-hybridized carbons (Fsp3) is 0.409. The lowest BCUT2D eigenvalue weighted by Crippen LogP contribution is -2.31. The Balaban J connectivity index is 2.26. The first-order valence-corrected chi connectivity index (χ1v) is 11.0. The van der Waals surface area contributed by atoms with Crippen molar-refractivity contribution in [3.05, 3.63) is 50.9 Å². The predicted molar refractivity (Wildman–Crippen MR) is 125 cm³/mol. The van der Waals surface area contributed by atoms with Gasteiger partial charge in [-0.2, -0.15) is 0 Å². The number of carbonyl (C=O) groups excluding carboxylic acids is 2. The van der Waals surface area contributed by atoms with Gasteiger partial charge in [0.05, 0.1) is 24.8 Å².